The number of anilines is 1. The fraction of sp³-hybridized carbons (Fsp3) is 0.400. The van der Waals surface area contributed by atoms with Crippen molar-refractivity contribution in [3.8, 4) is 6.07 Å². The van der Waals surface area contributed by atoms with Crippen molar-refractivity contribution in [1.29, 1.82) is 5.26 Å². The molecule has 0 unspecified atom stereocenters. The largest absolute Gasteiger partial charge is 0.347 e. The lowest BCUT2D eigenvalue weighted by Crippen LogP contribution is -2.36. The van der Waals surface area contributed by atoms with Gasteiger partial charge in [0.15, 0.2) is 0 Å². The van der Waals surface area contributed by atoms with Crippen molar-refractivity contribution < 1.29 is 9.59 Å². The van der Waals surface area contributed by atoms with Crippen LogP contribution in [0.5, 0.6) is 0 Å². The van der Waals surface area contributed by atoms with Crippen LogP contribution in [0.4, 0.5) is 5.69 Å². The lowest BCUT2D eigenvalue weighted by molar-refractivity contribution is -0.127. The summed E-state index contributed by atoms with van der Waals surface area (Å²) in [4.78, 5) is 23.4. The first-order chi connectivity index (χ1) is 9.60. The number of nitrogens with zero attached hydrogens (tertiary/aromatic N) is 1. The van der Waals surface area contributed by atoms with E-state index in [1.807, 2.05) is 19.9 Å². The Balaban J connectivity index is 2.43. The van der Waals surface area contributed by atoms with E-state index in [9.17, 15) is 9.59 Å². The topological polar surface area (TPSA) is 82.0 Å². The predicted octanol–water partition coefficient (Wildman–Crippen LogP) is 2.05. The molecular weight excluding hydrogens is 254 g/mol. The standard InChI is InChI=1S/C15H19N3O2/c1-3-12(4-2)15(20)17-10-14(19)18-13-7-5-11(9-16)6-8-13/h5-8,12H,3-4,10H2,1-2H3,(H,17,20)(H,18,19). The maximum atomic E-state index is 11.7. The number of nitriles is 1. The van der Waals surface area contributed by atoms with Crippen LogP contribution in [0.2, 0.25) is 0 Å². The van der Waals surface area contributed by atoms with Gasteiger partial charge in [-0.05, 0) is 37.1 Å². The Morgan fingerprint density at radius 2 is 1.80 bits per heavy atom. The van der Waals surface area contributed by atoms with E-state index in [2.05, 4.69) is 10.6 Å². The molecule has 20 heavy (non-hydrogen) atoms. The first kappa shape index (κ1) is 15.7. The Morgan fingerprint density at radius 3 is 2.30 bits per heavy atom. The minimum absolute atomic E-state index is 0.0438. The average Bonchev–Trinajstić information content (AvgIpc) is 2.47. The predicted molar refractivity (Wildman–Crippen MR) is 76.9 cm³/mol. The fourth-order valence-electron chi connectivity index (χ4n) is 1.80. The molecule has 1 aromatic carbocycles. The molecule has 5 heteroatoms. The normalized spacial score (nSPS) is 9.90. The number of rotatable bonds is 6. The van der Waals surface area contributed by atoms with Gasteiger partial charge in [0.1, 0.15) is 0 Å². The summed E-state index contributed by atoms with van der Waals surface area (Å²) in [6.07, 6.45) is 1.53. The monoisotopic (exact) mass is 273 g/mol. The number of hydrogen-bond acceptors (Lipinski definition) is 3. The summed E-state index contributed by atoms with van der Waals surface area (Å²) in [5.74, 6) is -0.420. The van der Waals surface area contributed by atoms with E-state index in [0.29, 0.717) is 11.3 Å². The Bertz CT molecular complexity index is 499. The third-order valence-electron chi connectivity index (χ3n) is 3.08. The quantitative estimate of drug-likeness (QED) is 0.832. The molecule has 0 radical (unpaired) electrons. The minimum Gasteiger partial charge on any atom is -0.347 e. The molecule has 0 heterocycles. The number of amides is 2. The van der Waals surface area contributed by atoms with Crippen molar-refractivity contribution in [1.82, 2.24) is 5.32 Å². The maximum absolute atomic E-state index is 11.7. The Labute approximate surface area is 119 Å². The highest BCUT2D eigenvalue weighted by Crippen LogP contribution is 2.09. The number of hydrogen-bond donors (Lipinski definition) is 2. The number of benzene rings is 1. The lowest BCUT2D eigenvalue weighted by atomic mass is 10.0. The molecule has 0 aliphatic heterocycles. The van der Waals surface area contributed by atoms with Crippen LogP contribution in [0.25, 0.3) is 0 Å². The van der Waals surface area contributed by atoms with Crippen LogP contribution < -0.4 is 10.6 Å². The summed E-state index contributed by atoms with van der Waals surface area (Å²) in [7, 11) is 0. The molecule has 0 saturated carbocycles. The molecule has 106 valence electrons. The van der Waals surface area contributed by atoms with Gasteiger partial charge < -0.3 is 10.6 Å². The zero-order valence-corrected chi connectivity index (χ0v) is 11.8. The van der Waals surface area contributed by atoms with E-state index in [1.165, 1.54) is 0 Å². The molecule has 0 aromatic heterocycles. The average molecular weight is 273 g/mol. The van der Waals surface area contributed by atoms with Crippen molar-refractivity contribution in [3.63, 3.8) is 0 Å². The van der Waals surface area contributed by atoms with E-state index in [-0.39, 0.29) is 24.3 Å². The molecule has 1 rings (SSSR count). The molecule has 0 aliphatic carbocycles. The van der Waals surface area contributed by atoms with Gasteiger partial charge in [-0.1, -0.05) is 13.8 Å². The molecule has 0 fully saturated rings. The van der Waals surface area contributed by atoms with Crippen LogP contribution in [0.3, 0.4) is 0 Å². The van der Waals surface area contributed by atoms with Crippen LogP contribution in [-0.2, 0) is 9.59 Å². The number of carbonyl (C=O) groups excluding carboxylic acids is 2. The molecule has 0 spiro atoms. The molecule has 0 bridgehead atoms. The molecule has 0 atom stereocenters. The number of carbonyl (C=O) groups is 2. The molecule has 2 N–H and O–H groups in total. The van der Waals surface area contributed by atoms with E-state index >= 15 is 0 Å². The first-order valence-electron chi connectivity index (χ1n) is 6.68. The highest BCUT2D eigenvalue weighted by molar-refractivity contribution is 5.94. The summed E-state index contributed by atoms with van der Waals surface area (Å²) in [5.41, 5.74) is 1.14. The lowest BCUT2D eigenvalue weighted by Gasteiger charge is -2.12. The summed E-state index contributed by atoms with van der Waals surface area (Å²) < 4.78 is 0. The molecule has 2 amide bonds. The Morgan fingerprint density at radius 1 is 1.20 bits per heavy atom. The van der Waals surface area contributed by atoms with Gasteiger partial charge in [0.25, 0.3) is 0 Å². The molecule has 0 saturated heterocycles. The van der Waals surface area contributed by atoms with E-state index in [1.54, 1.807) is 24.3 Å². The summed E-state index contributed by atoms with van der Waals surface area (Å²) in [6.45, 7) is 3.85. The smallest absolute Gasteiger partial charge is 0.243 e. The van der Waals surface area contributed by atoms with Gasteiger partial charge in [-0.25, -0.2) is 0 Å². The first-order valence-corrected chi connectivity index (χ1v) is 6.68. The fourth-order valence-corrected chi connectivity index (χ4v) is 1.80. The second kappa shape index (κ2) is 7.95. The van der Waals surface area contributed by atoms with Gasteiger partial charge in [-0.2, -0.15) is 5.26 Å². The van der Waals surface area contributed by atoms with Crippen molar-refractivity contribution >= 4 is 17.5 Å². The Hall–Kier alpha value is -2.35. The molecule has 1 aromatic rings. The van der Waals surface area contributed by atoms with Gasteiger partial charge in [0.2, 0.25) is 11.8 Å². The van der Waals surface area contributed by atoms with E-state index in [0.717, 1.165) is 12.8 Å². The van der Waals surface area contributed by atoms with Crippen LogP contribution >= 0.6 is 0 Å². The Kier molecular flexibility index (Phi) is 6.24. The highest BCUT2D eigenvalue weighted by Gasteiger charge is 2.14. The summed E-state index contributed by atoms with van der Waals surface area (Å²) in [6, 6.07) is 8.55. The maximum Gasteiger partial charge on any atom is 0.243 e. The van der Waals surface area contributed by atoms with Gasteiger partial charge >= 0.3 is 0 Å². The second-order valence-corrected chi connectivity index (χ2v) is 4.47. The van der Waals surface area contributed by atoms with Gasteiger partial charge in [-0.3, -0.25) is 9.59 Å². The van der Waals surface area contributed by atoms with Crippen LogP contribution in [-0.4, -0.2) is 18.4 Å². The van der Waals surface area contributed by atoms with E-state index < -0.39 is 0 Å². The second-order valence-electron chi connectivity index (χ2n) is 4.47. The minimum atomic E-state index is -0.283. The highest BCUT2D eigenvalue weighted by atomic mass is 16.2. The van der Waals surface area contributed by atoms with Crippen LogP contribution in [0.1, 0.15) is 32.3 Å². The zero-order chi connectivity index (χ0) is 15.0. The third kappa shape index (κ3) is 4.73. The molecular formula is C15H19N3O2. The summed E-state index contributed by atoms with van der Waals surface area (Å²) in [5, 5.41) is 14.0. The SMILES string of the molecule is CCC(CC)C(=O)NCC(=O)Nc1ccc(C#N)cc1. The van der Waals surface area contributed by atoms with E-state index in [4.69, 9.17) is 5.26 Å². The molecule has 5 nitrogen and oxygen atoms in total. The van der Waals surface area contributed by atoms with Gasteiger partial charge in [0.05, 0.1) is 18.2 Å². The van der Waals surface area contributed by atoms with Crippen molar-refractivity contribution in [2.24, 2.45) is 5.92 Å². The van der Waals surface area contributed by atoms with Crippen molar-refractivity contribution in [2.45, 2.75) is 26.7 Å². The third-order valence-corrected chi connectivity index (χ3v) is 3.08. The van der Waals surface area contributed by atoms with Crippen LogP contribution in [0.15, 0.2) is 24.3 Å². The van der Waals surface area contributed by atoms with Gasteiger partial charge in [0, 0.05) is 11.6 Å². The molecule has 0 aliphatic rings. The van der Waals surface area contributed by atoms with Crippen molar-refractivity contribution in [3.05, 3.63) is 29.8 Å². The number of nitrogens with one attached hydrogen (secondary N) is 2. The van der Waals surface area contributed by atoms with Crippen molar-refractivity contribution in [2.75, 3.05) is 11.9 Å². The van der Waals surface area contributed by atoms with Crippen LogP contribution in [0, 0.1) is 17.2 Å². The van der Waals surface area contributed by atoms with Gasteiger partial charge in [-0.15, -0.1) is 0 Å². The summed E-state index contributed by atoms with van der Waals surface area (Å²) >= 11 is 0. The zero-order valence-electron chi connectivity index (χ0n) is 11.8.